The maximum Gasteiger partial charge on any atom is 0.270 e. The number of hydrogen-bond acceptors (Lipinski definition) is 4. The summed E-state index contributed by atoms with van der Waals surface area (Å²) in [5.41, 5.74) is 1.29. The molecule has 4 aromatic rings. The van der Waals surface area contributed by atoms with Crippen LogP contribution in [0.4, 0.5) is 4.39 Å². The zero-order valence-electron chi connectivity index (χ0n) is 15.5. The minimum atomic E-state index is -0.356. The Hall–Kier alpha value is -3.48. The van der Waals surface area contributed by atoms with E-state index < -0.39 is 0 Å². The van der Waals surface area contributed by atoms with E-state index in [2.05, 4.69) is 10.1 Å². The third kappa shape index (κ3) is 3.08. The lowest BCUT2D eigenvalue weighted by molar-refractivity contribution is 0.0705. The van der Waals surface area contributed by atoms with Gasteiger partial charge in [0.1, 0.15) is 11.5 Å². The van der Waals surface area contributed by atoms with Crippen molar-refractivity contribution in [3.8, 4) is 0 Å². The topological polar surface area (TPSA) is 79.2 Å². The molecule has 0 radical (unpaired) electrons. The Labute approximate surface area is 164 Å². The van der Waals surface area contributed by atoms with Crippen molar-refractivity contribution >= 4 is 27.6 Å². The van der Waals surface area contributed by atoms with Gasteiger partial charge >= 0.3 is 0 Å². The van der Waals surface area contributed by atoms with E-state index in [1.54, 1.807) is 29.2 Å². The van der Waals surface area contributed by atoms with Crippen molar-refractivity contribution in [3.63, 3.8) is 0 Å². The number of aromatic nitrogens is 2. The van der Waals surface area contributed by atoms with E-state index in [9.17, 15) is 14.0 Å². The maximum atomic E-state index is 13.4. The van der Waals surface area contributed by atoms with Crippen molar-refractivity contribution in [2.45, 2.75) is 18.8 Å². The lowest BCUT2D eigenvalue weighted by Crippen LogP contribution is -2.39. The summed E-state index contributed by atoms with van der Waals surface area (Å²) in [5.74, 6) is -0.398. The third-order valence-corrected chi connectivity index (χ3v) is 5.61. The summed E-state index contributed by atoms with van der Waals surface area (Å²) in [7, 11) is 0. The molecule has 146 valence electrons. The van der Waals surface area contributed by atoms with E-state index in [0.717, 1.165) is 29.3 Å². The maximum absolute atomic E-state index is 13.4. The summed E-state index contributed by atoms with van der Waals surface area (Å²) < 4.78 is 18.6. The van der Waals surface area contributed by atoms with Gasteiger partial charge in [0, 0.05) is 35.8 Å². The number of carbonyl (C=O) groups excluding carboxylic acids is 1. The molecule has 1 N–H and O–H groups in total. The largest absolute Gasteiger partial charge is 0.356 e. The van der Waals surface area contributed by atoms with Crippen molar-refractivity contribution in [2.24, 2.45) is 0 Å². The Balaban J connectivity index is 1.35. The molecule has 2 aromatic heterocycles. The second-order valence-electron chi connectivity index (χ2n) is 7.37. The summed E-state index contributed by atoms with van der Waals surface area (Å²) >= 11 is 0. The minimum absolute atomic E-state index is 0.140. The highest BCUT2D eigenvalue weighted by atomic mass is 19.1. The van der Waals surface area contributed by atoms with Crippen LogP contribution in [0, 0.1) is 5.82 Å². The van der Waals surface area contributed by atoms with E-state index in [4.69, 9.17) is 4.52 Å². The Morgan fingerprint density at radius 3 is 2.72 bits per heavy atom. The predicted molar refractivity (Wildman–Crippen MR) is 106 cm³/mol. The van der Waals surface area contributed by atoms with E-state index in [0.29, 0.717) is 29.8 Å². The molecular weight excluding hydrogens is 373 g/mol. The van der Waals surface area contributed by atoms with Crippen LogP contribution in [0.3, 0.4) is 0 Å². The molecule has 0 bridgehead atoms. The first-order chi connectivity index (χ1) is 14.1. The SMILES string of the molecule is O=C(c1cc2ccccc2c(=O)[nH]1)N1CCC(c2noc3cc(F)ccc23)CC1. The number of likely N-dealkylation sites (tertiary alicyclic amines) is 1. The van der Waals surface area contributed by atoms with Gasteiger partial charge in [-0.05, 0) is 42.5 Å². The molecule has 1 aliphatic heterocycles. The van der Waals surface area contributed by atoms with Crippen LogP contribution in [-0.2, 0) is 0 Å². The molecule has 0 aliphatic carbocycles. The first-order valence-corrected chi connectivity index (χ1v) is 9.56. The van der Waals surface area contributed by atoms with Crippen molar-refractivity contribution in [1.82, 2.24) is 15.0 Å². The number of fused-ring (bicyclic) bond motifs is 2. The molecule has 6 nitrogen and oxygen atoms in total. The molecule has 1 fully saturated rings. The summed E-state index contributed by atoms with van der Waals surface area (Å²) in [6, 6.07) is 13.4. The number of nitrogens with one attached hydrogen (secondary N) is 1. The number of piperidine rings is 1. The molecule has 1 saturated heterocycles. The van der Waals surface area contributed by atoms with Gasteiger partial charge < -0.3 is 14.4 Å². The number of carbonyl (C=O) groups is 1. The highest BCUT2D eigenvalue weighted by Gasteiger charge is 2.28. The number of rotatable bonds is 2. The summed E-state index contributed by atoms with van der Waals surface area (Å²) in [6.07, 6.45) is 1.45. The van der Waals surface area contributed by atoms with Crippen LogP contribution in [0.5, 0.6) is 0 Å². The Bertz CT molecular complexity index is 1290. The summed E-state index contributed by atoms with van der Waals surface area (Å²) in [5, 5.41) is 6.27. The lowest BCUT2D eigenvalue weighted by atomic mass is 9.91. The molecule has 2 aromatic carbocycles. The Morgan fingerprint density at radius 2 is 1.90 bits per heavy atom. The molecule has 1 aliphatic rings. The molecule has 0 saturated carbocycles. The van der Waals surface area contributed by atoms with Gasteiger partial charge in [-0.2, -0.15) is 0 Å². The lowest BCUT2D eigenvalue weighted by Gasteiger charge is -2.31. The number of halogens is 1. The van der Waals surface area contributed by atoms with Crippen LogP contribution in [-0.4, -0.2) is 34.0 Å². The molecule has 0 unspecified atom stereocenters. The number of amides is 1. The van der Waals surface area contributed by atoms with Gasteiger partial charge in [0.05, 0.1) is 5.69 Å². The number of benzene rings is 2. The molecule has 3 heterocycles. The number of aromatic amines is 1. The van der Waals surface area contributed by atoms with Crippen LogP contribution < -0.4 is 5.56 Å². The number of nitrogens with zero attached hydrogens (tertiary/aromatic N) is 2. The molecule has 29 heavy (non-hydrogen) atoms. The second kappa shape index (κ2) is 6.84. The summed E-state index contributed by atoms with van der Waals surface area (Å²) in [4.78, 5) is 29.6. The molecule has 7 heteroatoms. The standard InChI is InChI=1S/C22H18FN3O3/c23-15-5-6-17-19(12-15)29-25-20(17)13-7-9-26(10-8-13)22(28)18-11-14-3-1-2-4-16(14)21(27)24-18/h1-6,11-13H,7-10H2,(H,24,27). The van der Waals surface area contributed by atoms with E-state index in [1.807, 2.05) is 12.1 Å². The Kier molecular flexibility index (Phi) is 4.16. The fraction of sp³-hybridized carbons (Fsp3) is 0.227. The highest BCUT2D eigenvalue weighted by Crippen LogP contribution is 2.33. The fourth-order valence-electron chi connectivity index (χ4n) is 4.08. The van der Waals surface area contributed by atoms with Crippen molar-refractivity contribution in [3.05, 3.63) is 76.1 Å². The van der Waals surface area contributed by atoms with Gasteiger partial charge in [-0.3, -0.25) is 9.59 Å². The fourth-order valence-corrected chi connectivity index (χ4v) is 4.08. The minimum Gasteiger partial charge on any atom is -0.356 e. The van der Waals surface area contributed by atoms with Gasteiger partial charge in [-0.15, -0.1) is 0 Å². The second-order valence-corrected chi connectivity index (χ2v) is 7.37. The van der Waals surface area contributed by atoms with Gasteiger partial charge in [0.25, 0.3) is 11.5 Å². The van der Waals surface area contributed by atoms with Gasteiger partial charge in [0.2, 0.25) is 0 Å². The first-order valence-electron chi connectivity index (χ1n) is 9.56. The van der Waals surface area contributed by atoms with E-state index in [1.165, 1.54) is 12.1 Å². The number of hydrogen-bond donors (Lipinski definition) is 1. The highest BCUT2D eigenvalue weighted by molar-refractivity contribution is 5.96. The molecule has 1 amide bonds. The average Bonchev–Trinajstić information content (AvgIpc) is 3.16. The van der Waals surface area contributed by atoms with Crippen LogP contribution >= 0.6 is 0 Å². The monoisotopic (exact) mass is 391 g/mol. The van der Waals surface area contributed by atoms with Crippen LogP contribution in [0.2, 0.25) is 0 Å². The Morgan fingerprint density at radius 1 is 1.10 bits per heavy atom. The van der Waals surface area contributed by atoms with E-state index >= 15 is 0 Å². The van der Waals surface area contributed by atoms with Crippen molar-refractivity contribution < 1.29 is 13.7 Å². The molecule has 5 rings (SSSR count). The third-order valence-electron chi connectivity index (χ3n) is 5.61. The average molecular weight is 391 g/mol. The quantitative estimate of drug-likeness (QED) is 0.563. The number of pyridine rings is 1. The van der Waals surface area contributed by atoms with Gasteiger partial charge in [-0.25, -0.2) is 4.39 Å². The zero-order chi connectivity index (χ0) is 20.0. The normalized spacial score (nSPS) is 15.3. The van der Waals surface area contributed by atoms with Crippen LogP contribution in [0.15, 0.2) is 57.8 Å². The predicted octanol–water partition coefficient (Wildman–Crippen LogP) is 3.83. The van der Waals surface area contributed by atoms with Crippen molar-refractivity contribution in [2.75, 3.05) is 13.1 Å². The first kappa shape index (κ1) is 17.6. The van der Waals surface area contributed by atoms with Crippen LogP contribution in [0.1, 0.15) is 34.9 Å². The smallest absolute Gasteiger partial charge is 0.270 e. The molecule has 0 atom stereocenters. The molecule has 0 spiro atoms. The van der Waals surface area contributed by atoms with E-state index in [-0.39, 0.29) is 23.2 Å². The van der Waals surface area contributed by atoms with Gasteiger partial charge in [0.15, 0.2) is 5.58 Å². The zero-order valence-corrected chi connectivity index (χ0v) is 15.5. The summed E-state index contributed by atoms with van der Waals surface area (Å²) in [6.45, 7) is 1.10. The number of H-pyrrole nitrogens is 1. The molecular formula is C22H18FN3O3. The van der Waals surface area contributed by atoms with Crippen molar-refractivity contribution in [1.29, 1.82) is 0 Å². The van der Waals surface area contributed by atoms with Gasteiger partial charge in [-0.1, -0.05) is 23.4 Å². The van der Waals surface area contributed by atoms with Crippen LogP contribution in [0.25, 0.3) is 21.7 Å².